The molecule has 4 rings (SSSR count). The Morgan fingerprint density at radius 2 is 2.07 bits per heavy atom. The molecule has 0 radical (unpaired) electrons. The monoisotopic (exact) mass is 486 g/mol. The molecular formula is C19H26N4O3S4. The number of thiophene rings is 1. The summed E-state index contributed by atoms with van der Waals surface area (Å²) in [6, 6.07) is 4.17. The molecule has 164 valence electrons. The number of nitrogens with zero attached hydrogens (tertiary/aromatic N) is 3. The van der Waals surface area contributed by atoms with Crippen LogP contribution in [0.15, 0.2) is 21.9 Å². The van der Waals surface area contributed by atoms with Crippen LogP contribution in [0, 0.1) is 0 Å². The summed E-state index contributed by atoms with van der Waals surface area (Å²) in [5.74, 6) is 0.600. The lowest BCUT2D eigenvalue weighted by Gasteiger charge is -2.34. The van der Waals surface area contributed by atoms with Gasteiger partial charge in [-0.3, -0.25) is 4.79 Å². The van der Waals surface area contributed by atoms with E-state index in [0.717, 1.165) is 48.1 Å². The SMILES string of the molecule is O=C(CSc1nnc(NCCc2cccs2)s1)N(C1CCCC1)C1CCS(=O)(=O)C1. The predicted molar refractivity (Wildman–Crippen MR) is 123 cm³/mol. The molecule has 1 aliphatic heterocycles. The van der Waals surface area contributed by atoms with Crippen LogP contribution >= 0.6 is 34.4 Å². The van der Waals surface area contributed by atoms with Gasteiger partial charge in [-0.05, 0) is 37.1 Å². The first kappa shape index (κ1) is 22.0. The predicted octanol–water partition coefficient (Wildman–Crippen LogP) is 3.30. The lowest BCUT2D eigenvalue weighted by atomic mass is 10.1. The second kappa shape index (κ2) is 9.97. The number of rotatable bonds is 9. The van der Waals surface area contributed by atoms with Gasteiger partial charge < -0.3 is 10.2 Å². The molecule has 0 bridgehead atoms. The standard InChI is InChI=1S/C19H26N4O3S4/c24-17(23(14-4-1-2-5-14)15-8-11-30(25,26)13-15)12-28-19-22-21-18(29-19)20-9-7-16-6-3-10-27-16/h3,6,10,14-15H,1-2,4-5,7-9,11-13H2,(H,20,21). The highest BCUT2D eigenvalue weighted by atomic mass is 32.2. The number of thioether (sulfide) groups is 1. The maximum atomic E-state index is 13.1. The Kier molecular flexibility index (Phi) is 7.32. The summed E-state index contributed by atoms with van der Waals surface area (Å²) in [5, 5.41) is 14.5. The van der Waals surface area contributed by atoms with Crippen molar-refractivity contribution in [3.05, 3.63) is 22.4 Å². The normalized spacial score (nSPS) is 21.1. The zero-order chi connectivity index (χ0) is 21.0. The minimum atomic E-state index is -3.02. The summed E-state index contributed by atoms with van der Waals surface area (Å²) in [6.07, 6.45) is 5.68. The number of sulfone groups is 1. The maximum absolute atomic E-state index is 13.1. The van der Waals surface area contributed by atoms with Crippen LogP contribution in [0.1, 0.15) is 37.0 Å². The van der Waals surface area contributed by atoms with E-state index in [1.54, 1.807) is 11.3 Å². The third-order valence-electron chi connectivity index (χ3n) is 5.56. The lowest BCUT2D eigenvalue weighted by Crippen LogP contribution is -2.47. The molecule has 1 saturated carbocycles. The van der Waals surface area contributed by atoms with Crippen molar-refractivity contribution in [1.82, 2.24) is 15.1 Å². The van der Waals surface area contributed by atoms with Gasteiger partial charge in [-0.2, -0.15) is 0 Å². The molecule has 2 aromatic rings. The van der Waals surface area contributed by atoms with E-state index in [4.69, 9.17) is 0 Å². The Balaban J connectivity index is 1.30. The summed E-state index contributed by atoms with van der Waals surface area (Å²) in [6.45, 7) is 0.796. The van der Waals surface area contributed by atoms with Crippen LogP contribution in [0.3, 0.4) is 0 Å². The second-order valence-electron chi connectivity index (χ2n) is 7.71. The minimum absolute atomic E-state index is 0.0244. The van der Waals surface area contributed by atoms with E-state index in [1.165, 1.54) is 28.0 Å². The van der Waals surface area contributed by atoms with Gasteiger partial charge in [0.15, 0.2) is 14.2 Å². The summed E-state index contributed by atoms with van der Waals surface area (Å²) in [7, 11) is -3.02. The third kappa shape index (κ3) is 5.74. The van der Waals surface area contributed by atoms with Crippen molar-refractivity contribution in [3.63, 3.8) is 0 Å². The minimum Gasteiger partial charge on any atom is -0.360 e. The van der Waals surface area contributed by atoms with Crippen LogP contribution < -0.4 is 5.32 Å². The molecule has 2 fully saturated rings. The summed E-state index contributed by atoms with van der Waals surface area (Å²) in [5.41, 5.74) is 0. The van der Waals surface area contributed by atoms with Crippen molar-refractivity contribution >= 4 is 55.3 Å². The Bertz CT molecular complexity index is 939. The van der Waals surface area contributed by atoms with E-state index < -0.39 is 9.84 Å². The topological polar surface area (TPSA) is 92.3 Å². The van der Waals surface area contributed by atoms with Crippen LogP contribution in [-0.2, 0) is 21.1 Å². The van der Waals surface area contributed by atoms with Crippen LogP contribution in [-0.4, -0.2) is 65.3 Å². The zero-order valence-corrected chi connectivity index (χ0v) is 19.9. The average Bonchev–Trinajstić information content (AvgIpc) is 3.49. The molecule has 0 aromatic carbocycles. The molecular weight excluding hydrogens is 461 g/mol. The average molecular weight is 487 g/mol. The smallest absolute Gasteiger partial charge is 0.233 e. The number of aromatic nitrogens is 2. The highest BCUT2D eigenvalue weighted by Gasteiger charge is 2.38. The van der Waals surface area contributed by atoms with Gasteiger partial charge in [0.1, 0.15) is 0 Å². The van der Waals surface area contributed by atoms with Crippen molar-refractivity contribution in [2.45, 2.75) is 54.9 Å². The molecule has 7 nitrogen and oxygen atoms in total. The number of amides is 1. The van der Waals surface area contributed by atoms with E-state index in [-0.39, 0.29) is 35.2 Å². The third-order valence-corrected chi connectivity index (χ3v) is 10.2. The first-order chi connectivity index (χ1) is 14.5. The first-order valence-corrected chi connectivity index (χ1v) is 14.7. The van der Waals surface area contributed by atoms with Gasteiger partial charge in [-0.1, -0.05) is 42.0 Å². The highest BCUT2D eigenvalue weighted by Crippen LogP contribution is 2.31. The summed E-state index contributed by atoms with van der Waals surface area (Å²) < 4.78 is 24.7. The molecule has 1 N–H and O–H groups in total. The Labute approximate surface area is 189 Å². The number of hydrogen-bond acceptors (Lipinski definition) is 9. The summed E-state index contributed by atoms with van der Waals surface area (Å²) in [4.78, 5) is 16.3. The van der Waals surface area contributed by atoms with Crippen molar-refractivity contribution in [2.24, 2.45) is 0 Å². The van der Waals surface area contributed by atoms with Crippen LogP contribution in [0.25, 0.3) is 0 Å². The molecule has 0 spiro atoms. The molecule has 1 aliphatic carbocycles. The maximum Gasteiger partial charge on any atom is 0.233 e. The molecule has 2 aromatic heterocycles. The van der Waals surface area contributed by atoms with E-state index in [9.17, 15) is 13.2 Å². The molecule has 3 heterocycles. The van der Waals surface area contributed by atoms with Crippen molar-refractivity contribution < 1.29 is 13.2 Å². The summed E-state index contributed by atoms with van der Waals surface area (Å²) >= 11 is 4.59. The quantitative estimate of drug-likeness (QED) is 0.544. The van der Waals surface area contributed by atoms with Gasteiger partial charge >= 0.3 is 0 Å². The van der Waals surface area contributed by atoms with Crippen molar-refractivity contribution in [3.8, 4) is 0 Å². The van der Waals surface area contributed by atoms with Gasteiger partial charge in [0.2, 0.25) is 11.0 Å². The Hall–Kier alpha value is -1.17. The zero-order valence-electron chi connectivity index (χ0n) is 16.7. The fraction of sp³-hybridized carbons (Fsp3) is 0.632. The molecule has 2 aliphatic rings. The van der Waals surface area contributed by atoms with Gasteiger partial charge in [0.25, 0.3) is 0 Å². The van der Waals surface area contributed by atoms with Gasteiger partial charge in [-0.15, -0.1) is 21.5 Å². The molecule has 11 heteroatoms. The molecule has 1 amide bonds. The molecule has 1 atom stereocenters. The molecule has 30 heavy (non-hydrogen) atoms. The van der Waals surface area contributed by atoms with Gasteiger partial charge in [-0.25, -0.2) is 8.42 Å². The fourth-order valence-corrected chi connectivity index (χ4v) is 8.23. The number of hydrogen-bond donors (Lipinski definition) is 1. The highest BCUT2D eigenvalue weighted by molar-refractivity contribution is 8.01. The van der Waals surface area contributed by atoms with Crippen LogP contribution in [0.2, 0.25) is 0 Å². The van der Waals surface area contributed by atoms with Crippen molar-refractivity contribution in [1.29, 1.82) is 0 Å². The van der Waals surface area contributed by atoms with E-state index >= 15 is 0 Å². The Morgan fingerprint density at radius 3 is 2.77 bits per heavy atom. The van der Waals surface area contributed by atoms with Crippen LogP contribution in [0.4, 0.5) is 5.13 Å². The van der Waals surface area contributed by atoms with E-state index in [0.29, 0.717) is 6.42 Å². The number of carbonyl (C=O) groups is 1. The Morgan fingerprint density at radius 1 is 1.23 bits per heavy atom. The molecule has 1 saturated heterocycles. The van der Waals surface area contributed by atoms with Gasteiger partial charge in [0, 0.05) is 23.5 Å². The van der Waals surface area contributed by atoms with E-state index in [1.807, 2.05) is 11.0 Å². The second-order valence-corrected chi connectivity index (χ2v) is 13.2. The number of nitrogens with one attached hydrogen (secondary N) is 1. The molecule has 1 unspecified atom stereocenters. The largest absolute Gasteiger partial charge is 0.360 e. The van der Waals surface area contributed by atoms with E-state index in [2.05, 4.69) is 27.0 Å². The number of carbonyl (C=O) groups excluding carboxylic acids is 1. The first-order valence-electron chi connectivity index (χ1n) is 10.2. The fourth-order valence-electron chi connectivity index (χ4n) is 4.17. The van der Waals surface area contributed by atoms with Gasteiger partial charge in [0.05, 0.1) is 17.3 Å². The van der Waals surface area contributed by atoms with Crippen molar-refractivity contribution in [2.75, 3.05) is 29.1 Å². The lowest BCUT2D eigenvalue weighted by molar-refractivity contribution is -0.132. The van der Waals surface area contributed by atoms with Crippen LogP contribution in [0.5, 0.6) is 0 Å². The number of anilines is 1.